The molecule has 1 N–H and O–H groups in total. The second kappa shape index (κ2) is 6.90. The molecule has 0 aromatic rings. The first-order chi connectivity index (χ1) is 14.4. The van der Waals surface area contributed by atoms with Gasteiger partial charge in [0.25, 0.3) is 0 Å². The number of fused-ring (bicyclic) bond motifs is 6. The van der Waals surface area contributed by atoms with E-state index >= 15 is 0 Å². The van der Waals surface area contributed by atoms with E-state index in [0.29, 0.717) is 36.4 Å². The van der Waals surface area contributed by atoms with Gasteiger partial charge in [0.2, 0.25) is 0 Å². The molecule has 4 aliphatic carbocycles. The maximum absolute atomic E-state index is 13.9. The average molecular weight is 430 g/mol. The zero-order valence-electron chi connectivity index (χ0n) is 19.9. The molecule has 6 heteroatoms. The first-order valence-corrected chi connectivity index (χ1v) is 12.5. The third kappa shape index (κ3) is 2.93. The van der Waals surface area contributed by atoms with Crippen molar-refractivity contribution in [2.45, 2.75) is 103 Å². The second-order valence-corrected chi connectivity index (χ2v) is 12.9. The maximum atomic E-state index is 13.9. The van der Waals surface area contributed by atoms with Crippen molar-refractivity contribution in [3.63, 3.8) is 0 Å². The van der Waals surface area contributed by atoms with Crippen molar-refractivity contribution in [1.82, 2.24) is 0 Å². The minimum Gasteiger partial charge on any atom is -0.403 e. The molecule has 0 aromatic carbocycles. The molecule has 31 heavy (non-hydrogen) atoms. The lowest BCUT2D eigenvalue weighted by atomic mass is 9.43. The van der Waals surface area contributed by atoms with Gasteiger partial charge in [-0.05, 0) is 73.4 Å². The van der Waals surface area contributed by atoms with Crippen LogP contribution < -0.4 is 0 Å². The number of hydrogen-bond acceptors (Lipinski definition) is 5. The quantitative estimate of drug-likeness (QED) is 0.583. The lowest BCUT2D eigenvalue weighted by Gasteiger charge is -2.61. The van der Waals surface area contributed by atoms with Gasteiger partial charge in [-0.2, -0.15) is 0 Å². The number of aliphatic hydroxyl groups excluding tert-OH is 1. The van der Waals surface area contributed by atoms with E-state index in [2.05, 4.69) is 34.6 Å². The van der Waals surface area contributed by atoms with Gasteiger partial charge < -0.3 is 14.4 Å². The van der Waals surface area contributed by atoms with Crippen molar-refractivity contribution in [2.24, 2.45) is 34.5 Å². The lowest BCUT2D eigenvalue weighted by molar-refractivity contribution is -0.183. The Morgan fingerprint density at radius 2 is 1.81 bits per heavy atom. The average Bonchev–Trinajstić information content (AvgIpc) is 2.96. The Bertz CT molecular complexity index is 791. The molecule has 0 aromatic heterocycles. The van der Waals surface area contributed by atoms with Crippen molar-refractivity contribution in [3.05, 3.63) is 0 Å². The Kier molecular flexibility index (Phi) is 4.92. The van der Waals surface area contributed by atoms with E-state index in [0.717, 1.165) is 38.5 Å². The van der Waals surface area contributed by atoms with Gasteiger partial charge in [0.05, 0.1) is 12.7 Å². The largest absolute Gasteiger partial charge is 0.463 e. The van der Waals surface area contributed by atoms with Gasteiger partial charge in [0.1, 0.15) is 11.4 Å². The van der Waals surface area contributed by atoms with Crippen LogP contribution in [0.4, 0.5) is 0 Å². The van der Waals surface area contributed by atoms with E-state index in [9.17, 15) is 14.7 Å². The summed E-state index contributed by atoms with van der Waals surface area (Å²) in [6.45, 7) is 10.8. The Morgan fingerprint density at radius 1 is 1.06 bits per heavy atom. The third-order valence-electron chi connectivity index (χ3n) is 10.3. The molecule has 5 rings (SSSR count). The van der Waals surface area contributed by atoms with Crippen LogP contribution in [0, 0.1) is 34.5 Å². The highest BCUT2D eigenvalue weighted by Gasteiger charge is 2.71. The van der Waals surface area contributed by atoms with Crippen LogP contribution in [0.3, 0.4) is 0 Å². The Morgan fingerprint density at radius 3 is 2.52 bits per heavy atom. The van der Waals surface area contributed by atoms with E-state index in [1.165, 1.54) is 0 Å². The summed E-state index contributed by atoms with van der Waals surface area (Å²) in [5.41, 5.74) is -1.35. The topological polar surface area (TPSA) is 72.8 Å². The summed E-state index contributed by atoms with van der Waals surface area (Å²) in [4.78, 5) is 27.2. The summed E-state index contributed by atoms with van der Waals surface area (Å²) in [6, 6.07) is 0. The normalized spacial score (nSPS) is 50.3. The first kappa shape index (κ1) is 22.1. The fourth-order valence-electron chi connectivity index (χ4n) is 8.67. The van der Waals surface area contributed by atoms with Crippen molar-refractivity contribution >= 4 is 18.7 Å². The first-order valence-electron chi connectivity index (χ1n) is 12.5. The summed E-state index contributed by atoms with van der Waals surface area (Å²) >= 11 is 0. The number of aliphatic hydroxyl groups is 1. The molecule has 172 valence electrons. The van der Waals surface area contributed by atoms with Gasteiger partial charge in [0.15, 0.2) is 5.78 Å². The summed E-state index contributed by atoms with van der Waals surface area (Å²) in [5, 5.41) is 10.0. The molecule has 1 spiro atoms. The second-order valence-electron chi connectivity index (χ2n) is 12.9. The number of carbonyl (C=O) groups is 2. The van der Waals surface area contributed by atoms with Crippen LogP contribution in [0.15, 0.2) is 0 Å². The fraction of sp³-hybridized carbons (Fsp3) is 0.920. The molecule has 1 saturated heterocycles. The SMILES string of the molecule is CC(C)(C)B1OCC(=O)C2(CCC3C4CCC5CC(O)CCC5(C)C4C(=O)CC32C)O1. The van der Waals surface area contributed by atoms with Gasteiger partial charge in [0, 0.05) is 17.8 Å². The maximum Gasteiger partial charge on any atom is 0.463 e. The predicted molar refractivity (Wildman–Crippen MR) is 118 cm³/mol. The van der Waals surface area contributed by atoms with Crippen LogP contribution in [0.1, 0.15) is 86.0 Å². The molecule has 5 aliphatic rings. The van der Waals surface area contributed by atoms with Crippen LogP contribution >= 0.6 is 0 Å². The molecule has 5 nitrogen and oxygen atoms in total. The van der Waals surface area contributed by atoms with Gasteiger partial charge >= 0.3 is 7.12 Å². The number of ketones is 2. The highest BCUT2D eigenvalue weighted by molar-refractivity contribution is 6.49. The summed E-state index contributed by atoms with van der Waals surface area (Å²) in [6.07, 6.45) is 6.59. The highest BCUT2D eigenvalue weighted by Crippen LogP contribution is 2.68. The zero-order valence-corrected chi connectivity index (χ0v) is 19.9. The van der Waals surface area contributed by atoms with E-state index in [1.807, 2.05) is 0 Å². The van der Waals surface area contributed by atoms with Crippen LogP contribution in [-0.4, -0.2) is 42.1 Å². The molecule has 8 atom stereocenters. The van der Waals surface area contributed by atoms with Crippen molar-refractivity contribution < 1.29 is 24.0 Å². The summed E-state index contributed by atoms with van der Waals surface area (Å²) < 4.78 is 12.4. The van der Waals surface area contributed by atoms with Gasteiger partial charge in [-0.1, -0.05) is 34.6 Å². The zero-order chi connectivity index (χ0) is 22.4. The number of rotatable bonds is 0. The third-order valence-corrected chi connectivity index (χ3v) is 10.3. The summed E-state index contributed by atoms with van der Waals surface area (Å²) in [5.74, 6) is 1.54. The molecule has 1 heterocycles. The monoisotopic (exact) mass is 430 g/mol. The van der Waals surface area contributed by atoms with Crippen molar-refractivity contribution in [1.29, 1.82) is 0 Å². The van der Waals surface area contributed by atoms with E-state index in [-0.39, 0.29) is 35.1 Å². The molecule has 5 fully saturated rings. The fourth-order valence-corrected chi connectivity index (χ4v) is 8.67. The molecule has 0 amide bonds. The van der Waals surface area contributed by atoms with Gasteiger partial charge in [-0.25, -0.2) is 0 Å². The van der Waals surface area contributed by atoms with Crippen LogP contribution in [0.25, 0.3) is 0 Å². The molecule has 4 saturated carbocycles. The smallest absolute Gasteiger partial charge is 0.403 e. The summed E-state index contributed by atoms with van der Waals surface area (Å²) in [7, 11) is -0.429. The Hall–Kier alpha value is -0.715. The number of hydrogen-bond donors (Lipinski definition) is 1. The minimum absolute atomic E-state index is 0.00913. The predicted octanol–water partition coefficient (Wildman–Crippen LogP) is 4.21. The van der Waals surface area contributed by atoms with E-state index in [1.54, 1.807) is 0 Å². The van der Waals surface area contributed by atoms with Crippen molar-refractivity contribution in [2.75, 3.05) is 6.61 Å². The molecule has 8 unspecified atom stereocenters. The van der Waals surface area contributed by atoms with Gasteiger partial charge in [-0.3, -0.25) is 9.59 Å². The highest BCUT2D eigenvalue weighted by atomic mass is 16.6. The molecule has 0 radical (unpaired) electrons. The standard InChI is InChI=1S/C25H39BO5/c1-22(2,3)26-30-14-20(29)25(31-26)11-9-18-17-7-6-15-12-16(27)8-10-23(15,4)21(17)19(28)13-24(18,25)5/h15-18,21,27H,6-14H2,1-5H3. The number of carbonyl (C=O) groups excluding carboxylic acids is 2. The van der Waals surface area contributed by atoms with E-state index < -0.39 is 18.1 Å². The van der Waals surface area contributed by atoms with E-state index in [4.69, 9.17) is 9.31 Å². The van der Waals surface area contributed by atoms with Crippen LogP contribution in [0.5, 0.6) is 0 Å². The molecule has 1 aliphatic heterocycles. The lowest BCUT2D eigenvalue weighted by Crippen LogP contribution is -2.66. The van der Waals surface area contributed by atoms with Crippen LogP contribution in [0.2, 0.25) is 5.31 Å². The van der Waals surface area contributed by atoms with Crippen LogP contribution in [-0.2, 0) is 18.9 Å². The minimum atomic E-state index is -0.894. The molecular formula is C25H39BO5. The number of Topliss-reactive ketones (excluding diaryl/α,β-unsaturated/α-hetero) is 2. The van der Waals surface area contributed by atoms with Gasteiger partial charge in [-0.15, -0.1) is 0 Å². The molecule has 0 bridgehead atoms. The Labute approximate surface area is 187 Å². The van der Waals surface area contributed by atoms with Crippen molar-refractivity contribution in [3.8, 4) is 0 Å². The molecular weight excluding hydrogens is 391 g/mol. The Balaban J connectivity index is 1.50.